The molecule has 14 heavy (non-hydrogen) atoms. The molecule has 1 aromatic rings. The van der Waals surface area contributed by atoms with Gasteiger partial charge in [-0.3, -0.25) is 0 Å². The zero-order valence-corrected chi connectivity index (χ0v) is 8.29. The van der Waals surface area contributed by atoms with Crippen molar-refractivity contribution in [2.45, 2.75) is 26.3 Å². The van der Waals surface area contributed by atoms with Crippen LogP contribution in [0.4, 0.5) is 4.79 Å². The molecule has 0 saturated heterocycles. The molecule has 1 amide bonds. The number of rotatable bonds is 4. The highest BCUT2D eigenvalue weighted by atomic mass is 16.4. The van der Waals surface area contributed by atoms with E-state index in [0.717, 1.165) is 18.4 Å². The fourth-order valence-corrected chi connectivity index (χ4v) is 1.29. The first kappa shape index (κ1) is 10.6. The molecule has 0 heterocycles. The van der Waals surface area contributed by atoms with Crippen molar-refractivity contribution in [1.82, 2.24) is 5.32 Å². The summed E-state index contributed by atoms with van der Waals surface area (Å²) in [4.78, 5) is 10.2. The van der Waals surface area contributed by atoms with Gasteiger partial charge in [-0.25, -0.2) is 4.79 Å². The van der Waals surface area contributed by atoms with Crippen molar-refractivity contribution in [3.63, 3.8) is 0 Å². The normalized spacial score (nSPS) is 9.79. The SMILES string of the molecule is CCCc1ccc(CNC(=O)O)cc1. The van der Waals surface area contributed by atoms with E-state index in [4.69, 9.17) is 5.11 Å². The lowest BCUT2D eigenvalue weighted by Gasteiger charge is -2.03. The van der Waals surface area contributed by atoms with E-state index in [1.54, 1.807) is 0 Å². The zero-order chi connectivity index (χ0) is 10.4. The number of amides is 1. The number of aryl methyl sites for hydroxylation is 1. The largest absolute Gasteiger partial charge is 0.465 e. The molecule has 3 nitrogen and oxygen atoms in total. The molecule has 76 valence electrons. The molecule has 3 heteroatoms. The second-order valence-electron chi connectivity index (χ2n) is 3.23. The van der Waals surface area contributed by atoms with Crippen LogP contribution in [0.25, 0.3) is 0 Å². The summed E-state index contributed by atoms with van der Waals surface area (Å²) in [5.41, 5.74) is 2.29. The number of hydrogen-bond donors (Lipinski definition) is 2. The van der Waals surface area contributed by atoms with Gasteiger partial charge in [-0.1, -0.05) is 37.6 Å². The van der Waals surface area contributed by atoms with E-state index < -0.39 is 6.09 Å². The van der Waals surface area contributed by atoms with Crippen molar-refractivity contribution in [2.75, 3.05) is 0 Å². The minimum atomic E-state index is -0.984. The minimum Gasteiger partial charge on any atom is -0.465 e. The molecular weight excluding hydrogens is 178 g/mol. The zero-order valence-electron chi connectivity index (χ0n) is 8.29. The van der Waals surface area contributed by atoms with Crippen molar-refractivity contribution in [3.8, 4) is 0 Å². The summed E-state index contributed by atoms with van der Waals surface area (Å²) in [5, 5.41) is 10.7. The van der Waals surface area contributed by atoms with E-state index in [9.17, 15) is 4.79 Å². The molecule has 1 aromatic carbocycles. The summed E-state index contributed by atoms with van der Waals surface area (Å²) in [6.45, 7) is 2.52. The van der Waals surface area contributed by atoms with Crippen LogP contribution in [-0.4, -0.2) is 11.2 Å². The predicted molar refractivity (Wildman–Crippen MR) is 55.3 cm³/mol. The third kappa shape index (κ3) is 3.47. The quantitative estimate of drug-likeness (QED) is 0.771. The Bertz CT molecular complexity index is 293. The second-order valence-corrected chi connectivity index (χ2v) is 3.23. The van der Waals surface area contributed by atoms with Crippen LogP contribution in [0.3, 0.4) is 0 Å². The highest BCUT2D eigenvalue weighted by Crippen LogP contribution is 2.06. The Morgan fingerprint density at radius 2 is 1.86 bits per heavy atom. The van der Waals surface area contributed by atoms with Gasteiger partial charge in [0.15, 0.2) is 0 Å². The summed E-state index contributed by atoms with van der Waals surface area (Å²) >= 11 is 0. The first-order valence-corrected chi connectivity index (χ1v) is 4.77. The van der Waals surface area contributed by atoms with E-state index >= 15 is 0 Å². The number of carboxylic acid groups (broad SMARTS) is 1. The number of benzene rings is 1. The van der Waals surface area contributed by atoms with Crippen molar-refractivity contribution in [3.05, 3.63) is 35.4 Å². The lowest BCUT2D eigenvalue weighted by Crippen LogP contribution is -2.19. The van der Waals surface area contributed by atoms with E-state index in [-0.39, 0.29) is 0 Å². The van der Waals surface area contributed by atoms with Crippen molar-refractivity contribution >= 4 is 6.09 Å². The first-order chi connectivity index (χ1) is 6.72. The van der Waals surface area contributed by atoms with Crippen LogP contribution in [0.1, 0.15) is 24.5 Å². The van der Waals surface area contributed by atoms with Gasteiger partial charge in [-0.2, -0.15) is 0 Å². The van der Waals surface area contributed by atoms with Gasteiger partial charge < -0.3 is 10.4 Å². The fourth-order valence-electron chi connectivity index (χ4n) is 1.29. The first-order valence-electron chi connectivity index (χ1n) is 4.77. The summed E-state index contributed by atoms with van der Waals surface area (Å²) in [6.07, 6.45) is 1.22. The molecule has 0 aliphatic heterocycles. The van der Waals surface area contributed by atoms with Crippen LogP contribution in [-0.2, 0) is 13.0 Å². The molecule has 0 radical (unpaired) electrons. The summed E-state index contributed by atoms with van der Waals surface area (Å²) < 4.78 is 0. The summed E-state index contributed by atoms with van der Waals surface area (Å²) in [5.74, 6) is 0. The molecule has 1 rings (SSSR count). The smallest absolute Gasteiger partial charge is 0.404 e. The standard InChI is InChI=1S/C11H15NO2/c1-2-3-9-4-6-10(7-5-9)8-12-11(13)14/h4-7,12H,2-3,8H2,1H3,(H,13,14). The van der Waals surface area contributed by atoms with Gasteiger partial charge in [0, 0.05) is 6.54 Å². The third-order valence-electron chi connectivity index (χ3n) is 2.01. The van der Waals surface area contributed by atoms with Crippen molar-refractivity contribution in [2.24, 2.45) is 0 Å². The van der Waals surface area contributed by atoms with Gasteiger partial charge in [-0.15, -0.1) is 0 Å². The topological polar surface area (TPSA) is 49.3 Å². The van der Waals surface area contributed by atoms with Crippen molar-refractivity contribution in [1.29, 1.82) is 0 Å². The number of hydrogen-bond acceptors (Lipinski definition) is 1. The highest BCUT2D eigenvalue weighted by Gasteiger charge is 1.96. The molecule has 0 spiro atoms. The van der Waals surface area contributed by atoms with E-state index in [1.807, 2.05) is 24.3 Å². The average molecular weight is 193 g/mol. The minimum absolute atomic E-state index is 0.377. The van der Waals surface area contributed by atoms with Crippen LogP contribution < -0.4 is 5.32 Å². The van der Waals surface area contributed by atoms with Gasteiger partial charge in [-0.05, 0) is 17.5 Å². The van der Waals surface area contributed by atoms with Crippen LogP contribution in [0.5, 0.6) is 0 Å². The lowest BCUT2D eigenvalue weighted by molar-refractivity contribution is 0.194. The molecule has 0 aliphatic carbocycles. The molecule has 0 bridgehead atoms. The maximum atomic E-state index is 10.2. The van der Waals surface area contributed by atoms with Gasteiger partial charge >= 0.3 is 6.09 Å². The molecule has 0 saturated carbocycles. The maximum Gasteiger partial charge on any atom is 0.404 e. The van der Waals surface area contributed by atoms with Crippen LogP contribution >= 0.6 is 0 Å². The lowest BCUT2D eigenvalue weighted by atomic mass is 10.1. The molecule has 0 atom stereocenters. The van der Waals surface area contributed by atoms with Gasteiger partial charge in [0.25, 0.3) is 0 Å². The predicted octanol–water partition coefficient (Wildman–Crippen LogP) is 2.41. The van der Waals surface area contributed by atoms with Gasteiger partial charge in [0.05, 0.1) is 0 Å². The van der Waals surface area contributed by atoms with E-state index in [1.165, 1.54) is 5.56 Å². The molecule has 0 aromatic heterocycles. The Morgan fingerprint density at radius 3 is 2.36 bits per heavy atom. The van der Waals surface area contributed by atoms with E-state index in [0.29, 0.717) is 6.54 Å². The third-order valence-corrected chi connectivity index (χ3v) is 2.01. The molecule has 0 aliphatic rings. The molecule has 0 unspecified atom stereocenters. The van der Waals surface area contributed by atoms with Crippen molar-refractivity contribution < 1.29 is 9.90 Å². The molecular formula is C11H15NO2. The van der Waals surface area contributed by atoms with Crippen LogP contribution in [0.15, 0.2) is 24.3 Å². The maximum absolute atomic E-state index is 10.2. The molecule has 0 fully saturated rings. The Kier molecular flexibility index (Phi) is 3.98. The summed E-state index contributed by atoms with van der Waals surface area (Å²) in [7, 11) is 0. The number of carbonyl (C=O) groups is 1. The van der Waals surface area contributed by atoms with Gasteiger partial charge in [0.1, 0.15) is 0 Å². The summed E-state index contributed by atoms with van der Waals surface area (Å²) in [6, 6.07) is 8.01. The Labute approximate surface area is 83.8 Å². The monoisotopic (exact) mass is 193 g/mol. The Morgan fingerprint density at radius 1 is 1.29 bits per heavy atom. The fraction of sp³-hybridized carbons (Fsp3) is 0.364. The second kappa shape index (κ2) is 5.27. The number of nitrogens with one attached hydrogen (secondary N) is 1. The Hall–Kier alpha value is -1.51. The Balaban J connectivity index is 2.50. The average Bonchev–Trinajstić information content (AvgIpc) is 2.17. The highest BCUT2D eigenvalue weighted by molar-refractivity contribution is 5.64. The van der Waals surface area contributed by atoms with Crippen LogP contribution in [0, 0.1) is 0 Å². The van der Waals surface area contributed by atoms with Gasteiger partial charge in [0.2, 0.25) is 0 Å². The molecule has 2 N–H and O–H groups in total. The van der Waals surface area contributed by atoms with E-state index in [2.05, 4.69) is 12.2 Å². The van der Waals surface area contributed by atoms with Crippen LogP contribution in [0.2, 0.25) is 0 Å².